The van der Waals surface area contributed by atoms with Crippen molar-refractivity contribution in [3.05, 3.63) is 35.9 Å². The lowest BCUT2D eigenvalue weighted by atomic mass is 9.76. The van der Waals surface area contributed by atoms with Gasteiger partial charge in [-0.1, -0.05) is 44.2 Å². The summed E-state index contributed by atoms with van der Waals surface area (Å²) in [6.45, 7) is 4.49. The van der Waals surface area contributed by atoms with Gasteiger partial charge in [0, 0.05) is 20.2 Å². The number of aliphatic carboxylic acids is 1. The minimum atomic E-state index is -0.857. The summed E-state index contributed by atoms with van der Waals surface area (Å²) in [5, 5.41) is 9.58. The third-order valence-electron chi connectivity index (χ3n) is 4.71. The van der Waals surface area contributed by atoms with Crippen LogP contribution < -0.4 is 0 Å². The molecule has 5 heteroatoms. The summed E-state index contributed by atoms with van der Waals surface area (Å²) in [6.07, 6.45) is -0.199. The van der Waals surface area contributed by atoms with Crippen molar-refractivity contribution in [2.45, 2.75) is 26.4 Å². The van der Waals surface area contributed by atoms with Gasteiger partial charge in [-0.05, 0) is 17.9 Å². The first kappa shape index (κ1) is 16.5. The highest BCUT2D eigenvalue weighted by Gasteiger charge is 2.49. The van der Waals surface area contributed by atoms with Crippen LogP contribution in [0.25, 0.3) is 0 Å². The van der Waals surface area contributed by atoms with Crippen LogP contribution in [0, 0.1) is 11.3 Å². The molecule has 0 aromatic heterocycles. The molecule has 1 saturated heterocycles. The Morgan fingerprint density at radius 3 is 2.36 bits per heavy atom. The topological polar surface area (TPSA) is 66.8 Å². The fourth-order valence-electron chi connectivity index (χ4n) is 3.09. The van der Waals surface area contributed by atoms with E-state index in [-0.39, 0.29) is 18.4 Å². The molecule has 1 aliphatic rings. The van der Waals surface area contributed by atoms with E-state index in [1.165, 1.54) is 7.11 Å². The van der Waals surface area contributed by atoms with E-state index in [0.29, 0.717) is 13.0 Å². The van der Waals surface area contributed by atoms with Crippen molar-refractivity contribution in [1.82, 2.24) is 4.90 Å². The SMILES string of the molecule is COC(C(=O)N1CCC(C(=O)O)(C(C)C)C1)c1ccccc1. The summed E-state index contributed by atoms with van der Waals surface area (Å²) in [4.78, 5) is 26.0. The Labute approximate surface area is 130 Å². The van der Waals surface area contributed by atoms with E-state index in [2.05, 4.69) is 0 Å². The van der Waals surface area contributed by atoms with Crippen LogP contribution in [0.1, 0.15) is 31.9 Å². The van der Waals surface area contributed by atoms with E-state index in [4.69, 9.17) is 4.74 Å². The second-order valence-electron chi connectivity index (χ2n) is 6.15. The smallest absolute Gasteiger partial charge is 0.311 e. The molecule has 1 aliphatic heterocycles. The zero-order valence-electron chi connectivity index (χ0n) is 13.3. The van der Waals surface area contributed by atoms with Crippen LogP contribution in [0.15, 0.2) is 30.3 Å². The van der Waals surface area contributed by atoms with Gasteiger partial charge >= 0.3 is 5.97 Å². The molecule has 22 heavy (non-hydrogen) atoms. The number of carboxylic acids is 1. The van der Waals surface area contributed by atoms with Crippen LogP contribution in [0.2, 0.25) is 0 Å². The van der Waals surface area contributed by atoms with E-state index in [0.717, 1.165) is 5.56 Å². The lowest BCUT2D eigenvalue weighted by Gasteiger charge is -2.29. The number of carbonyl (C=O) groups excluding carboxylic acids is 1. The third-order valence-corrected chi connectivity index (χ3v) is 4.71. The van der Waals surface area contributed by atoms with Gasteiger partial charge in [0.05, 0.1) is 5.41 Å². The maximum absolute atomic E-state index is 12.7. The standard InChI is InChI=1S/C17H23NO4/c1-12(2)17(16(20)21)9-10-18(11-17)15(19)14(22-3)13-7-5-4-6-8-13/h4-8,12,14H,9-11H2,1-3H3,(H,20,21). The molecule has 0 radical (unpaired) electrons. The number of hydrogen-bond donors (Lipinski definition) is 1. The highest BCUT2D eigenvalue weighted by molar-refractivity contribution is 5.84. The molecule has 0 spiro atoms. The van der Waals surface area contributed by atoms with Gasteiger partial charge in [0.2, 0.25) is 0 Å². The number of amides is 1. The number of carbonyl (C=O) groups is 2. The summed E-state index contributed by atoms with van der Waals surface area (Å²) in [7, 11) is 1.50. The first-order valence-corrected chi connectivity index (χ1v) is 7.52. The lowest BCUT2D eigenvalue weighted by molar-refractivity contribution is -0.152. The number of rotatable bonds is 5. The van der Waals surface area contributed by atoms with Gasteiger partial charge in [-0.25, -0.2) is 0 Å². The molecule has 0 bridgehead atoms. The number of carboxylic acid groups (broad SMARTS) is 1. The first-order valence-electron chi connectivity index (χ1n) is 7.52. The Morgan fingerprint density at radius 1 is 1.27 bits per heavy atom. The quantitative estimate of drug-likeness (QED) is 0.906. The van der Waals surface area contributed by atoms with Crippen molar-refractivity contribution in [3.63, 3.8) is 0 Å². The predicted octanol–water partition coefficient (Wildman–Crippen LogP) is 2.33. The molecule has 1 heterocycles. The summed E-state index contributed by atoms with van der Waals surface area (Å²) < 4.78 is 5.36. The normalized spacial score (nSPS) is 22.8. The maximum Gasteiger partial charge on any atom is 0.311 e. The third kappa shape index (κ3) is 2.86. The molecule has 1 N–H and O–H groups in total. The minimum Gasteiger partial charge on any atom is -0.481 e. The van der Waals surface area contributed by atoms with Crippen molar-refractivity contribution in [2.24, 2.45) is 11.3 Å². The van der Waals surface area contributed by atoms with Crippen LogP contribution in [0.5, 0.6) is 0 Å². The molecule has 1 fully saturated rings. The molecule has 0 aliphatic carbocycles. The zero-order chi connectivity index (χ0) is 16.3. The second-order valence-corrected chi connectivity index (χ2v) is 6.15. The average molecular weight is 305 g/mol. The second kappa shape index (κ2) is 6.48. The van der Waals surface area contributed by atoms with Crippen molar-refractivity contribution >= 4 is 11.9 Å². The molecule has 2 rings (SSSR count). The van der Waals surface area contributed by atoms with Crippen molar-refractivity contribution in [2.75, 3.05) is 20.2 Å². The molecule has 1 aromatic carbocycles. The lowest BCUT2D eigenvalue weighted by Crippen LogP contribution is -2.42. The molecule has 2 unspecified atom stereocenters. The predicted molar refractivity (Wildman–Crippen MR) is 82.3 cm³/mol. The number of nitrogens with zero attached hydrogens (tertiary/aromatic N) is 1. The van der Waals surface area contributed by atoms with Gasteiger partial charge < -0.3 is 14.7 Å². The molecule has 2 atom stereocenters. The number of hydrogen-bond acceptors (Lipinski definition) is 3. The summed E-state index contributed by atoms with van der Waals surface area (Å²) in [6, 6.07) is 9.28. The molecule has 5 nitrogen and oxygen atoms in total. The summed E-state index contributed by atoms with van der Waals surface area (Å²) >= 11 is 0. The van der Waals surface area contributed by atoms with Crippen molar-refractivity contribution in [3.8, 4) is 0 Å². The maximum atomic E-state index is 12.7. The zero-order valence-corrected chi connectivity index (χ0v) is 13.3. The van der Waals surface area contributed by atoms with Gasteiger partial charge in [0.1, 0.15) is 0 Å². The Morgan fingerprint density at radius 2 is 1.91 bits per heavy atom. The van der Waals surface area contributed by atoms with Crippen LogP contribution in [-0.4, -0.2) is 42.1 Å². The van der Waals surface area contributed by atoms with E-state index in [1.54, 1.807) is 4.90 Å². The Bertz CT molecular complexity index is 543. The molecule has 0 saturated carbocycles. The number of likely N-dealkylation sites (tertiary alicyclic amines) is 1. The van der Waals surface area contributed by atoms with E-state index in [9.17, 15) is 14.7 Å². The van der Waals surface area contributed by atoms with Gasteiger partial charge in [-0.3, -0.25) is 9.59 Å². The first-order chi connectivity index (χ1) is 10.4. The number of methoxy groups -OCH3 is 1. The van der Waals surface area contributed by atoms with Crippen LogP contribution in [-0.2, 0) is 14.3 Å². The fourth-order valence-corrected chi connectivity index (χ4v) is 3.09. The van der Waals surface area contributed by atoms with Gasteiger partial charge in [0.25, 0.3) is 5.91 Å². The molecule has 120 valence electrons. The molecular weight excluding hydrogens is 282 g/mol. The van der Waals surface area contributed by atoms with Gasteiger partial charge in [-0.2, -0.15) is 0 Å². The molecule has 1 amide bonds. The Balaban J connectivity index is 2.19. The van der Waals surface area contributed by atoms with Crippen LogP contribution in [0.3, 0.4) is 0 Å². The van der Waals surface area contributed by atoms with E-state index in [1.807, 2.05) is 44.2 Å². The number of ether oxygens (including phenoxy) is 1. The number of benzene rings is 1. The average Bonchev–Trinajstić information content (AvgIpc) is 2.95. The molecular formula is C17H23NO4. The van der Waals surface area contributed by atoms with Gasteiger partial charge in [0.15, 0.2) is 6.10 Å². The summed E-state index contributed by atoms with van der Waals surface area (Å²) in [5.41, 5.74) is -0.0719. The summed E-state index contributed by atoms with van der Waals surface area (Å²) in [5.74, 6) is -1.02. The highest BCUT2D eigenvalue weighted by atomic mass is 16.5. The molecule has 1 aromatic rings. The minimum absolute atomic E-state index is 0.0273. The largest absolute Gasteiger partial charge is 0.481 e. The van der Waals surface area contributed by atoms with E-state index < -0.39 is 17.5 Å². The van der Waals surface area contributed by atoms with Crippen molar-refractivity contribution < 1.29 is 19.4 Å². The Hall–Kier alpha value is -1.88. The van der Waals surface area contributed by atoms with Crippen LogP contribution in [0.4, 0.5) is 0 Å². The highest BCUT2D eigenvalue weighted by Crippen LogP contribution is 2.39. The van der Waals surface area contributed by atoms with E-state index >= 15 is 0 Å². The van der Waals surface area contributed by atoms with Crippen molar-refractivity contribution in [1.29, 1.82) is 0 Å². The van der Waals surface area contributed by atoms with Crippen LogP contribution >= 0.6 is 0 Å². The van der Waals surface area contributed by atoms with Gasteiger partial charge in [-0.15, -0.1) is 0 Å². The fraction of sp³-hybridized carbons (Fsp3) is 0.529. The Kier molecular flexibility index (Phi) is 4.86. The monoisotopic (exact) mass is 305 g/mol.